The molecule has 0 N–H and O–H groups in total. The molecule has 1 fully saturated rings. The van der Waals surface area contributed by atoms with Gasteiger partial charge in [-0.15, -0.1) is 0 Å². The van der Waals surface area contributed by atoms with Crippen LogP contribution in [0, 0.1) is 5.92 Å². The lowest BCUT2D eigenvalue weighted by molar-refractivity contribution is 0.646. The molecule has 5 rings (SSSR count). The van der Waals surface area contributed by atoms with E-state index in [2.05, 4.69) is 34.2 Å². The Kier molecular flexibility index (Phi) is 2.83. The molecule has 110 valence electrons. The van der Waals surface area contributed by atoms with Gasteiger partial charge >= 0.3 is 0 Å². The van der Waals surface area contributed by atoms with Gasteiger partial charge < -0.3 is 4.90 Å². The number of hydrogen-bond donors (Lipinski definition) is 0. The van der Waals surface area contributed by atoms with Crippen LogP contribution < -0.4 is 0 Å². The molecule has 0 aromatic heterocycles. The van der Waals surface area contributed by atoms with Crippen LogP contribution in [0.4, 0.5) is 0 Å². The van der Waals surface area contributed by atoms with Crippen molar-refractivity contribution in [3.63, 3.8) is 0 Å². The highest BCUT2D eigenvalue weighted by Crippen LogP contribution is 2.53. The van der Waals surface area contributed by atoms with Crippen LogP contribution in [-0.2, 0) is 0 Å². The highest BCUT2D eigenvalue weighted by atomic mass is 35.5. The normalized spacial score (nSPS) is 20.8. The summed E-state index contributed by atoms with van der Waals surface area (Å²) in [5.74, 6) is 0.739. The van der Waals surface area contributed by atoms with Gasteiger partial charge in [-0.25, -0.2) is 0 Å². The molecule has 0 radical (unpaired) electrons. The van der Waals surface area contributed by atoms with E-state index in [1.54, 1.807) is 0 Å². The van der Waals surface area contributed by atoms with Gasteiger partial charge in [0.1, 0.15) is 0 Å². The maximum absolute atomic E-state index is 6.40. The maximum Gasteiger partial charge on any atom is 0.168 e. The molecule has 2 aromatic rings. The molecule has 2 nitrogen and oxygen atoms in total. The summed E-state index contributed by atoms with van der Waals surface area (Å²) in [5, 5.41) is 4.40. The summed E-state index contributed by atoms with van der Waals surface area (Å²) in [6, 6.07) is 12.7. The minimum Gasteiger partial charge on any atom is -0.318 e. The molecule has 3 aliphatic rings. The monoisotopic (exact) mass is 326 g/mol. The Hall–Kier alpha value is -1.45. The Morgan fingerprint density at radius 1 is 1.09 bits per heavy atom. The standard InChI is InChI=1S/C18H15ClN2S/c19-15-6-2-3-12-13(15)4-1-5-14(12)16-17(11-7-8-11)22-18-20-9-10-21(16)18/h1-6,11H,7-10H2. The third-order valence-corrected chi connectivity index (χ3v) is 6.19. The SMILES string of the molecule is Clc1cccc2c(C3=C(C4CC4)SC4=NCCN43)cccc12. The third kappa shape index (κ3) is 1.85. The molecule has 0 amide bonds. The number of nitrogens with zero attached hydrogens (tertiary/aromatic N) is 2. The minimum atomic E-state index is 0.739. The minimum absolute atomic E-state index is 0.739. The van der Waals surface area contributed by atoms with Gasteiger partial charge in [-0.2, -0.15) is 0 Å². The lowest BCUT2D eigenvalue weighted by Crippen LogP contribution is -2.20. The molecule has 0 bridgehead atoms. The fourth-order valence-electron chi connectivity index (χ4n) is 3.38. The van der Waals surface area contributed by atoms with E-state index in [1.807, 2.05) is 23.9 Å². The summed E-state index contributed by atoms with van der Waals surface area (Å²) in [6.07, 6.45) is 2.64. The second kappa shape index (κ2) is 4.77. The molecular weight excluding hydrogens is 312 g/mol. The number of halogens is 1. The Morgan fingerprint density at radius 3 is 2.77 bits per heavy atom. The van der Waals surface area contributed by atoms with Gasteiger partial charge in [-0.05, 0) is 30.2 Å². The molecule has 0 atom stereocenters. The van der Waals surface area contributed by atoms with Crippen molar-refractivity contribution < 1.29 is 0 Å². The molecule has 0 spiro atoms. The quantitative estimate of drug-likeness (QED) is 0.772. The van der Waals surface area contributed by atoms with Gasteiger partial charge in [0, 0.05) is 27.4 Å². The number of amidine groups is 1. The van der Waals surface area contributed by atoms with Gasteiger partial charge in [0.2, 0.25) is 0 Å². The van der Waals surface area contributed by atoms with Gasteiger partial charge in [0.25, 0.3) is 0 Å². The van der Waals surface area contributed by atoms with Crippen LogP contribution >= 0.6 is 23.4 Å². The van der Waals surface area contributed by atoms with Crippen LogP contribution in [0.25, 0.3) is 16.5 Å². The van der Waals surface area contributed by atoms with Gasteiger partial charge in [0.15, 0.2) is 5.17 Å². The molecule has 0 saturated heterocycles. The first-order chi connectivity index (χ1) is 10.8. The van der Waals surface area contributed by atoms with E-state index in [-0.39, 0.29) is 0 Å². The average Bonchev–Trinajstić information content (AvgIpc) is 3.17. The molecule has 4 heteroatoms. The van der Waals surface area contributed by atoms with Crippen molar-refractivity contribution in [1.82, 2.24) is 4.90 Å². The smallest absolute Gasteiger partial charge is 0.168 e. The Labute approximate surface area is 138 Å². The fraction of sp³-hybridized carbons (Fsp3) is 0.278. The highest BCUT2D eigenvalue weighted by molar-refractivity contribution is 8.17. The molecular formula is C18H15ClN2S. The Bertz CT molecular complexity index is 851. The van der Waals surface area contributed by atoms with E-state index >= 15 is 0 Å². The van der Waals surface area contributed by atoms with E-state index in [1.165, 1.54) is 39.6 Å². The summed E-state index contributed by atoms with van der Waals surface area (Å²) in [4.78, 5) is 8.60. The second-order valence-corrected chi connectivity index (χ2v) is 7.46. The summed E-state index contributed by atoms with van der Waals surface area (Å²) in [7, 11) is 0. The summed E-state index contributed by atoms with van der Waals surface area (Å²) < 4.78 is 0. The number of fused-ring (bicyclic) bond motifs is 2. The van der Waals surface area contributed by atoms with Crippen LogP contribution in [0.1, 0.15) is 18.4 Å². The van der Waals surface area contributed by atoms with Crippen molar-refractivity contribution in [2.24, 2.45) is 10.9 Å². The van der Waals surface area contributed by atoms with E-state index in [9.17, 15) is 0 Å². The van der Waals surface area contributed by atoms with Crippen LogP contribution in [0.3, 0.4) is 0 Å². The van der Waals surface area contributed by atoms with Crippen LogP contribution in [0.5, 0.6) is 0 Å². The van der Waals surface area contributed by atoms with E-state index in [0.717, 1.165) is 29.4 Å². The predicted molar refractivity (Wildman–Crippen MR) is 95.2 cm³/mol. The van der Waals surface area contributed by atoms with E-state index in [4.69, 9.17) is 11.6 Å². The predicted octanol–water partition coefficient (Wildman–Crippen LogP) is 4.99. The summed E-state index contributed by atoms with van der Waals surface area (Å²) in [5.41, 5.74) is 2.69. The summed E-state index contributed by atoms with van der Waals surface area (Å²) in [6.45, 7) is 1.92. The van der Waals surface area contributed by atoms with Gasteiger partial charge in [0.05, 0.1) is 12.2 Å². The Morgan fingerprint density at radius 2 is 1.91 bits per heavy atom. The zero-order valence-electron chi connectivity index (χ0n) is 12.1. The van der Waals surface area contributed by atoms with Crippen molar-refractivity contribution in [2.45, 2.75) is 12.8 Å². The molecule has 1 aliphatic carbocycles. The fourth-order valence-corrected chi connectivity index (χ4v) is 4.98. The number of aliphatic imine (C=N–C) groups is 1. The van der Waals surface area contributed by atoms with Crippen LogP contribution in [0.2, 0.25) is 5.02 Å². The number of allylic oxidation sites excluding steroid dienone is 1. The first kappa shape index (κ1) is 13.0. The molecule has 2 aliphatic heterocycles. The van der Waals surface area contributed by atoms with E-state index in [0.29, 0.717) is 0 Å². The molecule has 1 saturated carbocycles. The molecule has 2 aromatic carbocycles. The topological polar surface area (TPSA) is 15.6 Å². The number of thioether (sulfide) groups is 1. The molecule has 22 heavy (non-hydrogen) atoms. The number of rotatable bonds is 2. The van der Waals surface area contributed by atoms with Crippen molar-refractivity contribution in [2.75, 3.05) is 13.1 Å². The number of benzene rings is 2. The zero-order valence-corrected chi connectivity index (χ0v) is 13.6. The summed E-state index contributed by atoms with van der Waals surface area (Å²) >= 11 is 8.29. The average molecular weight is 327 g/mol. The first-order valence-electron chi connectivity index (χ1n) is 7.74. The van der Waals surface area contributed by atoms with Crippen molar-refractivity contribution in [3.05, 3.63) is 51.9 Å². The zero-order chi connectivity index (χ0) is 14.7. The van der Waals surface area contributed by atoms with Crippen LogP contribution in [0.15, 0.2) is 46.3 Å². The van der Waals surface area contributed by atoms with E-state index < -0.39 is 0 Å². The largest absolute Gasteiger partial charge is 0.318 e. The highest BCUT2D eigenvalue weighted by Gasteiger charge is 2.40. The Balaban J connectivity index is 1.77. The second-order valence-electron chi connectivity index (χ2n) is 6.05. The lowest BCUT2D eigenvalue weighted by Gasteiger charge is -2.19. The first-order valence-corrected chi connectivity index (χ1v) is 8.94. The van der Waals surface area contributed by atoms with Crippen molar-refractivity contribution in [1.29, 1.82) is 0 Å². The molecule has 2 heterocycles. The third-order valence-electron chi connectivity index (χ3n) is 4.58. The number of hydrogen-bond acceptors (Lipinski definition) is 3. The van der Waals surface area contributed by atoms with Crippen molar-refractivity contribution >= 4 is 45.0 Å². The van der Waals surface area contributed by atoms with Crippen LogP contribution in [-0.4, -0.2) is 23.2 Å². The van der Waals surface area contributed by atoms with Crippen molar-refractivity contribution in [3.8, 4) is 0 Å². The lowest BCUT2D eigenvalue weighted by atomic mass is 10.0. The van der Waals surface area contributed by atoms with Gasteiger partial charge in [-0.1, -0.05) is 53.7 Å². The van der Waals surface area contributed by atoms with Gasteiger partial charge in [-0.3, -0.25) is 4.99 Å². The molecule has 0 unspecified atom stereocenters. The maximum atomic E-state index is 6.40.